The highest BCUT2D eigenvalue weighted by atomic mass is 16.5. The molecule has 0 saturated heterocycles. The van der Waals surface area contributed by atoms with Crippen molar-refractivity contribution in [3.63, 3.8) is 0 Å². The van der Waals surface area contributed by atoms with Crippen LogP contribution in [0.3, 0.4) is 0 Å². The Morgan fingerprint density at radius 3 is 2.76 bits per heavy atom. The number of fused-ring (bicyclic) bond motifs is 1. The molecule has 0 radical (unpaired) electrons. The molecule has 1 aromatic heterocycles. The molecule has 1 heterocycles. The number of carbonyl (C=O) groups excluding carboxylic acids is 1. The van der Waals surface area contributed by atoms with Gasteiger partial charge in [-0.25, -0.2) is 0 Å². The lowest BCUT2D eigenvalue weighted by Crippen LogP contribution is -2.26. The molecule has 2 rings (SSSR count). The van der Waals surface area contributed by atoms with Gasteiger partial charge >= 0.3 is 5.97 Å². The van der Waals surface area contributed by atoms with Crippen LogP contribution in [-0.2, 0) is 16.1 Å². The standard InChI is InChI=1S/C16H19NO4/c1-4-8-21-15(19)10-17-14(18)9-11(2)12-6-5-7-13(20-3)16(12)17/h5-7,9H,4,8,10H2,1-3H3. The van der Waals surface area contributed by atoms with Crippen LogP contribution in [0.25, 0.3) is 10.9 Å². The molecule has 0 aliphatic rings. The van der Waals surface area contributed by atoms with Crippen molar-refractivity contribution in [2.45, 2.75) is 26.8 Å². The van der Waals surface area contributed by atoms with Crippen LogP contribution >= 0.6 is 0 Å². The quantitative estimate of drug-likeness (QED) is 0.792. The van der Waals surface area contributed by atoms with Gasteiger partial charge in [0.25, 0.3) is 5.56 Å². The van der Waals surface area contributed by atoms with Crippen LogP contribution in [0, 0.1) is 6.92 Å². The molecule has 0 N–H and O–H groups in total. The van der Waals surface area contributed by atoms with Crippen molar-refractivity contribution in [2.75, 3.05) is 13.7 Å². The largest absolute Gasteiger partial charge is 0.495 e. The Morgan fingerprint density at radius 1 is 1.33 bits per heavy atom. The second-order valence-electron chi connectivity index (χ2n) is 4.83. The van der Waals surface area contributed by atoms with Crippen molar-refractivity contribution in [1.82, 2.24) is 4.57 Å². The highest BCUT2D eigenvalue weighted by molar-refractivity contribution is 5.88. The van der Waals surface area contributed by atoms with Gasteiger partial charge in [-0.3, -0.25) is 14.2 Å². The zero-order chi connectivity index (χ0) is 15.4. The summed E-state index contributed by atoms with van der Waals surface area (Å²) in [5.41, 5.74) is 1.24. The van der Waals surface area contributed by atoms with Crippen molar-refractivity contribution in [1.29, 1.82) is 0 Å². The number of nitrogens with zero attached hydrogens (tertiary/aromatic N) is 1. The van der Waals surface area contributed by atoms with Gasteiger partial charge in [0, 0.05) is 11.5 Å². The minimum atomic E-state index is -0.421. The van der Waals surface area contributed by atoms with Crippen LogP contribution in [0.15, 0.2) is 29.1 Å². The lowest BCUT2D eigenvalue weighted by Gasteiger charge is -2.14. The molecule has 0 spiro atoms. The number of esters is 1. The third-order valence-corrected chi connectivity index (χ3v) is 3.27. The lowest BCUT2D eigenvalue weighted by molar-refractivity contribution is -0.144. The Balaban J connectivity index is 2.56. The lowest BCUT2D eigenvalue weighted by atomic mass is 10.1. The molecular formula is C16H19NO4. The van der Waals surface area contributed by atoms with E-state index in [0.29, 0.717) is 17.9 Å². The van der Waals surface area contributed by atoms with Crippen LogP contribution < -0.4 is 10.3 Å². The fourth-order valence-electron chi connectivity index (χ4n) is 2.28. The molecule has 2 aromatic rings. The van der Waals surface area contributed by atoms with Gasteiger partial charge < -0.3 is 9.47 Å². The zero-order valence-corrected chi connectivity index (χ0v) is 12.5. The first kappa shape index (κ1) is 15.1. The Morgan fingerprint density at radius 2 is 2.10 bits per heavy atom. The smallest absolute Gasteiger partial charge is 0.326 e. The minimum Gasteiger partial charge on any atom is -0.495 e. The summed E-state index contributed by atoms with van der Waals surface area (Å²) in [6, 6.07) is 7.06. The average molecular weight is 289 g/mol. The Labute approximate surface area is 123 Å². The topological polar surface area (TPSA) is 57.5 Å². The van der Waals surface area contributed by atoms with Gasteiger partial charge in [0.1, 0.15) is 12.3 Å². The number of methoxy groups -OCH3 is 1. The van der Waals surface area contributed by atoms with Gasteiger partial charge in [-0.15, -0.1) is 0 Å². The summed E-state index contributed by atoms with van der Waals surface area (Å²) in [6.45, 7) is 4.02. The predicted octanol–water partition coefficient (Wildman–Crippen LogP) is 2.27. The SMILES string of the molecule is CCCOC(=O)Cn1c(=O)cc(C)c2cccc(OC)c21. The van der Waals surface area contributed by atoms with Crippen LogP contribution in [-0.4, -0.2) is 24.3 Å². The van der Waals surface area contributed by atoms with Crippen LogP contribution in [0.2, 0.25) is 0 Å². The molecule has 0 saturated carbocycles. The molecule has 0 fully saturated rings. The molecule has 0 unspecified atom stereocenters. The number of benzene rings is 1. The van der Waals surface area contributed by atoms with Crippen molar-refractivity contribution < 1.29 is 14.3 Å². The molecular weight excluding hydrogens is 270 g/mol. The number of para-hydroxylation sites is 1. The fourth-order valence-corrected chi connectivity index (χ4v) is 2.28. The summed E-state index contributed by atoms with van der Waals surface area (Å²) in [4.78, 5) is 24.1. The summed E-state index contributed by atoms with van der Waals surface area (Å²) in [7, 11) is 1.54. The summed E-state index contributed by atoms with van der Waals surface area (Å²) in [5.74, 6) is 0.145. The molecule has 0 amide bonds. The highest BCUT2D eigenvalue weighted by Crippen LogP contribution is 2.26. The Hall–Kier alpha value is -2.30. The van der Waals surface area contributed by atoms with Crippen molar-refractivity contribution in [2.24, 2.45) is 0 Å². The predicted molar refractivity (Wildman–Crippen MR) is 80.7 cm³/mol. The molecule has 0 aliphatic carbocycles. The van der Waals surface area contributed by atoms with E-state index in [-0.39, 0.29) is 12.1 Å². The molecule has 0 atom stereocenters. The number of carbonyl (C=O) groups is 1. The maximum Gasteiger partial charge on any atom is 0.326 e. The number of rotatable bonds is 5. The van der Waals surface area contributed by atoms with Gasteiger partial charge in [-0.2, -0.15) is 0 Å². The van der Waals surface area contributed by atoms with E-state index < -0.39 is 5.97 Å². The second kappa shape index (κ2) is 6.43. The summed E-state index contributed by atoms with van der Waals surface area (Å²) in [5, 5.41) is 0.886. The van der Waals surface area contributed by atoms with Crippen LogP contribution in [0.4, 0.5) is 0 Å². The van der Waals surface area contributed by atoms with E-state index in [4.69, 9.17) is 9.47 Å². The Kier molecular flexibility index (Phi) is 4.62. The first-order valence-corrected chi connectivity index (χ1v) is 6.91. The summed E-state index contributed by atoms with van der Waals surface area (Å²) in [6.07, 6.45) is 0.749. The van der Waals surface area contributed by atoms with E-state index in [1.807, 2.05) is 26.0 Å². The van der Waals surface area contributed by atoms with Gasteiger partial charge in [0.05, 0.1) is 19.2 Å². The summed E-state index contributed by atoms with van der Waals surface area (Å²) < 4.78 is 11.8. The highest BCUT2D eigenvalue weighted by Gasteiger charge is 2.14. The van der Waals surface area contributed by atoms with Crippen molar-refractivity contribution >= 4 is 16.9 Å². The van der Waals surface area contributed by atoms with Crippen molar-refractivity contribution in [3.05, 3.63) is 40.2 Å². The van der Waals surface area contributed by atoms with E-state index in [0.717, 1.165) is 17.4 Å². The summed E-state index contributed by atoms with van der Waals surface area (Å²) >= 11 is 0. The number of ether oxygens (including phenoxy) is 2. The number of aromatic nitrogens is 1. The maximum absolute atomic E-state index is 12.2. The number of pyridine rings is 1. The maximum atomic E-state index is 12.2. The van der Waals surface area contributed by atoms with E-state index in [1.165, 1.54) is 10.6 Å². The normalized spacial score (nSPS) is 10.6. The molecule has 5 nitrogen and oxygen atoms in total. The monoisotopic (exact) mass is 289 g/mol. The molecule has 1 aromatic carbocycles. The van der Waals surface area contributed by atoms with E-state index >= 15 is 0 Å². The van der Waals surface area contributed by atoms with Crippen molar-refractivity contribution in [3.8, 4) is 5.75 Å². The molecule has 0 aliphatic heterocycles. The fraction of sp³-hybridized carbons (Fsp3) is 0.375. The molecule has 5 heteroatoms. The molecule has 21 heavy (non-hydrogen) atoms. The Bertz CT molecular complexity index is 718. The number of aryl methyl sites for hydroxylation is 1. The van der Waals surface area contributed by atoms with E-state index in [9.17, 15) is 9.59 Å². The number of hydrogen-bond acceptors (Lipinski definition) is 4. The third kappa shape index (κ3) is 3.07. The van der Waals surface area contributed by atoms with E-state index in [1.54, 1.807) is 13.2 Å². The minimum absolute atomic E-state index is 0.115. The van der Waals surface area contributed by atoms with Crippen LogP contribution in [0.5, 0.6) is 5.75 Å². The van der Waals surface area contributed by atoms with Gasteiger partial charge in [0.15, 0.2) is 0 Å². The van der Waals surface area contributed by atoms with Crippen LogP contribution in [0.1, 0.15) is 18.9 Å². The average Bonchev–Trinajstić information content (AvgIpc) is 2.48. The van der Waals surface area contributed by atoms with Gasteiger partial charge in [-0.1, -0.05) is 19.1 Å². The van der Waals surface area contributed by atoms with Gasteiger partial charge in [-0.05, 0) is 25.0 Å². The van der Waals surface area contributed by atoms with Gasteiger partial charge in [0.2, 0.25) is 0 Å². The first-order chi connectivity index (χ1) is 10.1. The molecule has 112 valence electrons. The second-order valence-corrected chi connectivity index (χ2v) is 4.83. The van der Waals surface area contributed by atoms with E-state index in [2.05, 4.69) is 0 Å². The third-order valence-electron chi connectivity index (χ3n) is 3.27. The number of hydrogen-bond donors (Lipinski definition) is 0. The first-order valence-electron chi connectivity index (χ1n) is 6.91. The molecule has 0 bridgehead atoms. The zero-order valence-electron chi connectivity index (χ0n) is 12.5.